The van der Waals surface area contributed by atoms with E-state index in [1.165, 1.54) is 0 Å². The van der Waals surface area contributed by atoms with Gasteiger partial charge in [-0.05, 0) is 5.04 Å². The lowest BCUT2D eigenvalue weighted by Gasteiger charge is -2.17. The molecule has 0 aromatic heterocycles. The minimum Gasteiger partial charge on any atom is -0.109 e. The van der Waals surface area contributed by atoms with Gasteiger partial charge >= 0.3 is 0 Å². The number of rotatable bonds is 0. The molecule has 0 unspecified atom stereocenters. The van der Waals surface area contributed by atoms with Gasteiger partial charge in [0, 0.05) is 0 Å². The Balaban J connectivity index is 3.54. The van der Waals surface area contributed by atoms with E-state index in [1.54, 1.807) is 0 Å². The average Bonchev–Trinajstić information content (AvgIpc) is 1.31. The zero-order valence-corrected chi connectivity index (χ0v) is 10.3. The normalized spacial score (nSPS) is 12.9. The molecule has 0 amide bonds. The maximum absolute atomic E-state index is 2.57. The third kappa shape index (κ3) is 4.20. The van der Waals surface area contributed by atoms with Crippen molar-refractivity contribution in [1.82, 2.24) is 0 Å². The topological polar surface area (TPSA) is 0 Å². The molecule has 0 aromatic carbocycles. The van der Waals surface area contributed by atoms with Gasteiger partial charge in [-0.25, -0.2) is 0 Å². The minimum absolute atomic E-state index is 0.419. The Bertz CT molecular complexity index is 55.2. The average molecular weight is 340 g/mol. The second-order valence-corrected chi connectivity index (χ2v) is 19.6. The Kier molecular flexibility index (Phi) is 3.72. The molecular weight excluding hydrogens is 330 g/mol. The van der Waals surface area contributed by atoms with Gasteiger partial charge in [0.15, 0.2) is 3.79 Å². The molecule has 0 aliphatic carbocycles. The molecule has 0 spiro atoms. The van der Waals surface area contributed by atoms with Gasteiger partial charge in [0.05, 0.1) is 0 Å². The van der Waals surface area contributed by atoms with Crippen LogP contribution in [0.15, 0.2) is 0 Å². The summed E-state index contributed by atoms with van der Waals surface area (Å²) in [4.78, 5) is 0. The highest BCUT2D eigenvalue weighted by atomic mass is 127. The highest BCUT2D eigenvalue weighted by molar-refractivity contribution is 14.3. The van der Waals surface area contributed by atoms with Gasteiger partial charge in [0.2, 0.25) is 0 Å². The molecule has 44 valence electrons. The Morgan fingerprint density at radius 1 is 1.14 bits per heavy atom. The van der Waals surface area contributed by atoms with Crippen molar-refractivity contribution >= 4 is 47.4 Å². The molecule has 0 heterocycles. The second kappa shape index (κ2) is 3.00. The summed E-state index contributed by atoms with van der Waals surface area (Å²) in [5, 5.41) is 0.612. The molecular formula is C4H10I2Si. The van der Waals surface area contributed by atoms with Gasteiger partial charge in [-0.1, -0.05) is 20.8 Å². The predicted molar refractivity (Wildman–Crippen MR) is 54.9 cm³/mol. The first-order valence-electron chi connectivity index (χ1n) is 2.23. The number of halogens is 2. The van der Waals surface area contributed by atoms with E-state index in [1.807, 2.05) is 0 Å². The van der Waals surface area contributed by atoms with Crippen molar-refractivity contribution in [2.24, 2.45) is 0 Å². The summed E-state index contributed by atoms with van der Waals surface area (Å²) in [5.41, 5.74) is 0. The molecule has 0 atom stereocenters. The SMILES string of the molecule is CC(C)(C)[SiH](I)I. The third-order valence-electron chi connectivity index (χ3n) is 0.655. The molecule has 3 heteroatoms. The lowest BCUT2D eigenvalue weighted by atomic mass is 10.3. The van der Waals surface area contributed by atoms with Crippen LogP contribution in [0.4, 0.5) is 0 Å². The zero-order chi connectivity index (χ0) is 6.08. The molecule has 0 nitrogen and oxygen atoms in total. The second-order valence-electron chi connectivity index (χ2n) is 2.67. The van der Waals surface area contributed by atoms with Crippen molar-refractivity contribution < 1.29 is 0 Å². The lowest BCUT2D eigenvalue weighted by molar-refractivity contribution is 0.764. The van der Waals surface area contributed by atoms with Crippen LogP contribution in [0.25, 0.3) is 0 Å². The summed E-state index contributed by atoms with van der Waals surface area (Å²) in [6, 6.07) is 0. The van der Waals surface area contributed by atoms with E-state index in [9.17, 15) is 0 Å². The monoisotopic (exact) mass is 340 g/mol. The molecule has 0 aliphatic heterocycles. The molecule has 0 rings (SSSR count). The van der Waals surface area contributed by atoms with Crippen molar-refractivity contribution in [2.45, 2.75) is 25.8 Å². The molecule has 0 fully saturated rings. The first kappa shape index (κ1) is 8.68. The third-order valence-corrected chi connectivity index (χ3v) is 13.2. The Hall–Kier alpha value is 1.68. The van der Waals surface area contributed by atoms with Crippen LogP contribution in [0.2, 0.25) is 5.04 Å². The van der Waals surface area contributed by atoms with Crippen LogP contribution >= 0.6 is 43.6 Å². The Morgan fingerprint density at radius 2 is 1.29 bits per heavy atom. The van der Waals surface area contributed by atoms with E-state index in [0.29, 0.717) is 5.04 Å². The fourth-order valence-corrected chi connectivity index (χ4v) is 0. The van der Waals surface area contributed by atoms with Gasteiger partial charge in [-0.15, -0.1) is 43.6 Å². The van der Waals surface area contributed by atoms with E-state index < -0.39 is 3.79 Å². The maximum atomic E-state index is 2.57. The summed E-state index contributed by atoms with van der Waals surface area (Å²) in [5.74, 6) is 0. The van der Waals surface area contributed by atoms with E-state index >= 15 is 0 Å². The van der Waals surface area contributed by atoms with E-state index in [4.69, 9.17) is 0 Å². The van der Waals surface area contributed by atoms with E-state index in [2.05, 4.69) is 64.4 Å². The summed E-state index contributed by atoms with van der Waals surface area (Å²) in [6.45, 7) is 6.92. The van der Waals surface area contributed by atoms with Crippen LogP contribution in [-0.2, 0) is 0 Å². The quantitative estimate of drug-likeness (QED) is 0.361. The van der Waals surface area contributed by atoms with Gasteiger partial charge in [-0.3, -0.25) is 0 Å². The largest absolute Gasteiger partial charge is 0.182 e. The van der Waals surface area contributed by atoms with E-state index in [-0.39, 0.29) is 0 Å². The minimum atomic E-state index is -0.419. The molecule has 0 aromatic rings. The highest BCUT2D eigenvalue weighted by Crippen LogP contribution is 2.34. The van der Waals surface area contributed by atoms with Gasteiger partial charge in [0.25, 0.3) is 0 Å². The number of hydrogen-bond acceptors (Lipinski definition) is 0. The molecule has 7 heavy (non-hydrogen) atoms. The first-order valence-corrected chi connectivity index (χ1v) is 11.1. The summed E-state index contributed by atoms with van der Waals surface area (Å²) in [7, 11) is 0. The summed E-state index contributed by atoms with van der Waals surface area (Å²) < 4.78 is -0.419. The van der Waals surface area contributed by atoms with Crippen LogP contribution in [0.5, 0.6) is 0 Å². The van der Waals surface area contributed by atoms with Crippen LogP contribution in [-0.4, -0.2) is 3.79 Å². The van der Waals surface area contributed by atoms with Gasteiger partial charge in [-0.2, -0.15) is 0 Å². The summed E-state index contributed by atoms with van der Waals surface area (Å²) in [6.07, 6.45) is 0. The van der Waals surface area contributed by atoms with Gasteiger partial charge in [0.1, 0.15) is 0 Å². The van der Waals surface area contributed by atoms with E-state index in [0.717, 1.165) is 0 Å². The van der Waals surface area contributed by atoms with Crippen LogP contribution in [0.1, 0.15) is 20.8 Å². The fraction of sp³-hybridized carbons (Fsp3) is 1.00. The predicted octanol–water partition coefficient (Wildman–Crippen LogP) is 2.88. The molecule has 0 N–H and O–H groups in total. The van der Waals surface area contributed by atoms with Crippen LogP contribution in [0.3, 0.4) is 0 Å². The van der Waals surface area contributed by atoms with Crippen LogP contribution < -0.4 is 0 Å². The lowest BCUT2D eigenvalue weighted by Crippen LogP contribution is -2.09. The smallest absolute Gasteiger partial charge is 0.109 e. The highest BCUT2D eigenvalue weighted by Gasteiger charge is 2.19. The van der Waals surface area contributed by atoms with Crippen LogP contribution in [0, 0.1) is 0 Å². The standard InChI is InChI=1S/C4H10I2Si/c1-4(2,3)7(5)6/h7H,1-3H3. The van der Waals surface area contributed by atoms with Crippen molar-refractivity contribution in [3.8, 4) is 0 Å². The fourth-order valence-electron chi connectivity index (χ4n) is 0. The maximum Gasteiger partial charge on any atom is 0.182 e. The number of hydrogen-bond donors (Lipinski definition) is 0. The molecule has 0 radical (unpaired) electrons. The molecule has 0 saturated carbocycles. The van der Waals surface area contributed by atoms with Crippen molar-refractivity contribution in [3.63, 3.8) is 0 Å². The van der Waals surface area contributed by atoms with Gasteiger partial charge < -0.3 is 0 Å². The summed E-state index contributed by atoms with van der Waals surface area (Å²) >= 11 is 5.15. The Morgan fingerprint density at radius 3 is 1.29 bits per heavy atom. The first-order chi connectivity index (χ1) is 2.94. The zero-order valence-electron chi connectivity index (χ0n) is 4.83. The molecule has 0 aliphatic rings. The van der Waals surface area contributed by atoms with Crippen molar-refractivity contribution in [3.05, 3.63) is 0 Å². The molecule has 0 saturated heterocycles. The molecule has 0 bridgehead atoms. The van der Waals surface area contributed by atoms with Crippen molar-refractivity contribution in [2.75, 3.05) is 0 Å². The van der Waals surface area contributed by atoms with Crippen molar-refractivity contribution in [1.29, 1.82) is 0 Å². The Labute approximate surface area is 72.5 Å².